The number of para-hydroxylation sites is 1. The van der Waals surface area contributed by atoms with Crippen LogP contribution in [0.4, 0.5) is 5.69 Å². The topological polar surface area (TPSA) is 39.7 Å². The fourth-order valence-corrected chi connectivity index (χ4v) is 2.87. The highest BCUT2D eigenvalue weighted by atomic mass is 16.7. The third-order valence-corrected chi connectivity index (χ3v) is 3.99. The van der Waals surface area contributed by atoms with E-state index in [9.17, 15) is 0 Å². The highest BCUT2D eigenvalue weighted by molar-refractivity contribution is 5.43. The highest BCUT2D eigenvalue weighted by Crippen LogP contribution is 2.24. The lowest BCUT2D eigenvalue weighted by Gasteiger charge is -2.30. The Morgan fingerprint density at radius 1 is 1.00 bits per heavy atom. The molecule has 1 aromatic rings. The lowest BCUT2D eigenvalue weighted by atomic mass is 9.93. The molecule has 22 heavy (non-hydrogen) atoms. The number of ether oxygens (including phenoxy) is 3. The maximum Gasteiger partial charge on any atom is 0.180 e. The first kappa shape index (κ1) is 17.3. The van der Waals surface area contributed by atoms with Crippen LogP contribution in [0.5, 0.6) is 0 Å². The minimum absolute atomic E-state index is 0.227. The van der Waals surface area contributed by atoms with Crippen molar-refractivity contribution in [3.8, 4) is 0 Å². The Kier molecular flexibility index (Phi) is 7.71. The summed E-state index contributed by atoms with van der Waals surface area (Å²) in [6.45, 7) is 5.80. The second kappa shape index (κ2) is 9.82. The molecule has 1 aliphatic rings. The molecule has 1 aromatic carbocycles. The van der Waals surface area contributed by atoms with Gasteiger partial charge < -0.3 is 19.5 Å². The first-order valence-electron chi connectivity index (χ1n) is 8.48. The number of nitrogens with one attached hydrogen (secondary N) is 1. The third kappa shape index (κ3) is 5.95. The Bertz CT molecular complexity index is 385. The maximum absolute atomic E-state index is 5.97. The Balaban J connectivity index is 1.66. The van der Waals surface area contributed by atoms with Gasteiger partial charge in [-0.25, -0.2) is 0 Å². The van der Waals surface area contributed by atoms with Gasteiger partial charge in [0, 0.05) is 24.9 Å². The molecule has 0 spiro atoms. The second-order valence-corrected chi connectivity index (χ2v) is 5.66. The second-order valence-electron chi connectivity index (χ2n) is 5.66. The molecule has 1 N–H and O–H groups in total. The molecule has 0 bridgehead atoms. The molecule has 0 aromatic heterocycles. The molecule has 0 unspecified atom stereocenters. The van der Waals surface area contributed by atoms with E-state index in [1.54, 1.807) is 0 Å². The van der Waals surface area contributed by atoms with Crippen LogP contribution in [0, 0.1) is 0 Å². The number of hydrogen-bond acceptors (Lipinski definition) is 4. The summed E-state index contributed by atoms with van der Waals surface area (Å²) in [5, 5.41) is 3.60. The largest absolute Gasteiger partial charge is 0.382 e. The van der Waals surface area contributed by atoms with Crippen LogP contribution in [0.1, 0.15) is 39.5 Å². The molecule has 1 saturated carbocycles. The summed E-state index contributed by atoms with van der Waals surface area (Å²) in [6.07, 6.45) is 4.58. The molecule has 124 valence electrons. The van der Waals surface area contributed by atoms with E-state index < -0.39 is 0 Å². The van der Waals surface area contributed by atoms with Gasteiger partial charge in [-0.3, -0.25) is 0 Å². The Labute approximate surface area is 134 Å². The summed E-state index contributed by atoms with van der Waals surface area (Å²) in [7, 11) is 0. The maximum atomic E-state index is 5.97. The quantitative estimate of drug-likeness (QED) is 0.704. The number of benzene rings is 1. The molecule has 4 nitrogen and oxygen atoms in total. The monoisotopic (exact) mass is 307 g/mol. The van der Waals surface area contributed by atoms with Crippen molar-refractivity contribution in [2.24, 2.45) is 0 Å². The summed E-state index contributed by atoms with van der Waals surface area (Å²) in [5.41, 5.74) is 1.21. The van der Waals surface area contributed by atoms with Gasteiger partial charge in [-0.05, 0) is 51.7 Å². The first-order valence-corrected chi connectivity index (χ1v) is 8.48. The van der Waals surface area contributed by atoms with Crippen molar-refractivity contribution >= 4 is 5.69 Å². The molecule has 0 atom stereocenters. The van der Waals surface area contributed by atoms with Crippen LogP contribution in [0.2, 0.25) is 0 Å². The van der Waals surface area contributed by atoms with Crippen LogP contribution in [0.3, 0.4) is 0 Å². The number of anilines is 1. The zero-order valence-corrected chi connectivity index (χ0v) is 13.8. The third-order valence-electron chi connectivity index (χ3n) is 3.99. The zero-order chi connectivity index (χ0) is 15.6. The van der Waals surface area contributed by atoms with Gasteiger partial charge in [-0.1, -0.05) is 18.2 Å². The molecule has 0 aliphatic heterocycles. The molecular formula is C18H29NO3. The van der Waals surface area contributed by atoms with Crippen molar-refractivity contribution in [1.29, 1.82) is 0 Å². The van der Waals surface area contributed by atoms with Crippen LogP contribution in [-0.4, -0.2) is 38.3 Å². The molecular weight excluding hydrogens is 278 g/mol. The van der Waals surface area contributed by atoms with E-state index in [1.807, 2.05) is 19.9 Å². The van der Waals surface area contributed by atoms with Crippen LogP contribution < -0.4 is 5.32 Å². The van der Waals surface area contributed by atoms with E-state index in [0.717, 1.165) is 25.7 Å². The van der Waals surface area contributed by atoms with Crippen molar-refractivity contribution in [3.63, 3.8) is 0 Å². The number of hydrogen-bond donors (Lipinski definition) is 1. The first-order chi connectivity index (χ1) is 10.8. The summed E-state index contributed by atoms with van der Waals surface area (Å²) < 4.78 is 17.0. The van der Waals surface area contributed by atoms with Gasteiger partial charge in [0.1, 0.15) is 0 Å². The van der Waals surface area contributed by atoms with Crippen molar-refractivity contribution in [2.75, 3.05) is 25.1 Å². The van der Waals surface area contributed by atoms with Gasteiger partial charge in [-0.15, -0.1) is 0 Å². The van der Waals surface area contributed by atoms with Crippen LogP contribution in [0.15, 0.2) is 30.3 Å². The van der Waals surface area contributed by atoms with Gasteiger partial charge in [0.15, 0.2) is 6.29 Å². The van der Waals surface area contributed by atoms with Crippen LogP contribution in [0.25, 0.3) is 0 Å². The van der Waals surface area contributed by atoms with E-state index in [1.165, 1.54) is 5.69 Å². The molecule has 4 heteroatoms. The fourth-order valence-electron chi connectivity index (χ4n) is 2.87. The van der Waals surface area contributed by atoms with Crippen molar-refractivity contribution in [3.05, 3.63) is 30.3 Å². The van der Waals surface area contributed by atoms with Crippen molar-refractivity contribution in [2.45, 2.75) is 58.0 Å². The summed E-state index contributed by atoms with van der Waals surface area (Å²) in [6, 6.07) is 11.0. The van der Waals surface area contributed by atoms with Crippen LogP contribution in [-0.2, 0) is 14.2 Å². The predicted molar refractivity (Wildman–Crippen MR) is 89.1 cm³/mol. The lowest BCUT2D eigenvalue weighted by molar-refractivity contribution is -0.178. The van der Waals surface area contributed by atoms with Gasteiger partial charge in [0.2, 0.25) is 0 Å². The number of rotatable bonds is 9. The molecule has 0 saturated heterocycles. The van der Waals surface area contributed by atoms with Gasteiger partial charge >= 0.3 is 0 Å². The minimum atomic E-state index is -0.227. The van der Waals surface area contributed by atoms with Gasteiger partial charge in [-0.2, -0.15) is 0 Å². The SMILES string of the molecule is CCOC(COC1CCC(Nc2ccccc2)CC1)OCC. The molecule has 1 aliphatic carbocycles. The summed E-state index contributed by atoms with van der Waals surface area (Å²) >= 11 is 0. The Morgan fingerprint density at radius 2 is 1.64 bits per heavy atom. The molecule has 1 fully saturated rings. The fraction of sp³-hybridized carbons (Fsp3) is 0.667. The lowest BCUT2D eigenvalue weighted by Crippen LogP contribution is -2.32. The van der Waals surface area contributed by atoms with Crippen molar-refractivity contribution < 1.29 is 14.2 Å². The van der Waals surface area contributed by atoms with E-state index in [-0.39, 0.29) is 6.29 Å². The smallest absolute Gasteiger partial charge is 0.180 e. The van der Waals surface area contributed by atoms with Gasteiger partial charge in [0.25, 0.3) is 0 Å². The average Bonchev–Trinajstić information content (AvgIpc) is 2.55. The van der Waals surface area contributed by atoms with Gasteiger partial charge in [0.05, 0.1) is 12.7 Å². The summed E-state index contributed by atoms with van der Waals surface area (Å²) in [4.78, 5) is 0. The van der Waals surface area contributed by atoms with E-state index in [2.05, 4.69) is 29.6 Å². The molecule has 2 rings (SSSR count). The van der Waals surface area contributed by atoms with Crippen LogP contribution >= 0.6 is 0 Å². The highest BCUT2D eigenvalue weighted by Gasteiger charge is 2.22. The predicted octanol–water partition coefficient (Wildman–Crippen LogP) is 3.83. The summed E-state index contributed by atoms with van der Waals surface area (Å²) in [5.74, 6) is 0. The van der Waals surface area contributed by atoms with E-state index in [0.29, 0.717) is 32.0 Å². The Hall–Kier alpha value is -1.10. The van der Waals surface area contributed by atoms with Crippen molar-refractivity contribution in [1.82, 2.24) is 0 Å². The van der Waals surface area contributed by atoms with E-state index in [4.69, 9.17) is 14.2 Å². The molecule has 0 radical (unpaired) electrons. The van der Waals surface area contributed by atoms with E-state index >= 15 is 0 Å². The minimum Gasteiger partial charge on any atom is -0.382 e. The average molecular weight is 307 g/mol. The molecule has 0 amide bonds. The zero-order valence-electron chi connectivity index (χ0n) is 13.8. The normalized spacial score (nSPS) is 22.0. The Morgan fingerprint density at radius 3 is 2.23 bits per heavy atom. The molecule has 0 heterocycles. The standard InChI is InChI=1S/C18H29NO3/c1-3-20-18(21-4-2)14-22-17-12-10-16(11-13-17)19-15-8-6-5-7-9-15/h5-9,16-19H,3-4,10-14H2,1-2H3.